The second-order valence-corrected chi connectivity index (χ2v) is 6.72. The van der Waals surface area contributed by atoms with Crippen molar-refractivity contribution in [3.63, 3.8) is 0 Å². The molecule has 0 amide bonds. The zero-order valence-corrected chi connectivity index (χ0v) is 17.2. The molecule has 0 fully saturated rings. The molecule has 0 saturated carbocycles. The predicted molar refractivity (Wildman–Crippen MR) is 118 cm³/mol. The molecule has 0 radical (unpaired) electrons. The Kier molecular flexibility index (Phi) is 10.8. The van der Waals surface area contributed by atoms with Gasteiger partial charge in [-0.25, -0.2) is 0 Å². The third kappa shape index (κ3) is 8.59. The fourth-order valence-electron chi connectivity index (χ4n) is 3.00. The van der Waals surface area contributed by atoms with Crippen LogP contribution in [0, 0.1) is 0 Å². The fraction of sp³-hybridized carbons (Fsp3) is 0.417. The zero-order chi connectivity index (χ0) is 19.9. The van der Waals surface area contributed by atoms with E-state index in [0.717, 1.165) is 63.4 Å². The Morgan fingerprint density at radius 2 is 1.29 bits per heavy atom. The van der Waals surface area contributed by atoms with Crippen LogP contribution in [0.2, 0.25) is 0 Å². The van der Waals surface area contributed by atoms with E-state index in [0.29, 0.717) is 0 Å². The van der Waals surface area contributed by atoms with E-state index >= 15 is 0 Å². The summed E-state index contributed by atoms with van der Waals surface area (Å²) in [6.45, 7) is 4.04. The lowest BCUT2D eigenvalue weighted by atomic mass is 10.1. The van der Waals surface area contributed by atoms with Crippen LogP contribution in [0.3, 0.4) is 0 Å². The first-order valence-corrected chi connectivity index (χ1v) is 10.1. The van der Waals surface area contributed by atoms with Crippen LogP contribution in [-0.2, 0) is 12.8 Å². The highest BCUT2D eigenvalue weighted by Gasteiger charge is 2.03. The van der Waals surface area contributed by atoms with Crippen LogP contribution in [0.25, 0.3) is 0 Å². The van der Waals surface area contributed by atoms with Crippen molar-refractivity contribution >= 4 is 0 Å². The number of hydrogen-bond donors (Lipinski definition) is 2. The summed E-state index contributed by atoms with van der Waals surface area (Å²) in [5.74, 6) is 1.57. The second kappa shape index (κ2) is 13.8. The molecule has 0 aromatic heterocycles. The van der Waals surface area contributed by atoms with Crippen molar-refractivity contribution in [1.29, 1.82) is 0 Å². The van der Waals surface area contributed by atoms with Crippen LogP contribution in [-0.4, -0.2) is 40.4 Å². The summed E-state index contributed by atoms with van der Waals surface area (Å²) in [5, 5.41) is 6.99. The number of ether oxygens (including phenoxy) is 2. The van der Waals surface area contributed by atoms with Gasteiger partial charge >= 0.3 is 0 Å². The third-order valence-electron chi connectivity index (χ3n) is 4.61. The van der Waals surface area contributed by atoms with Crippen molar-refractivity contribution in [3.05, 3.63) is 71.8 Å². The average molecular weight is 383 g/mol. The van der Waals surface area contributed by atoms with Crippen molar-refractivity contribution in [1.82, 2.24) is 10.6 Å². The normalized spacial score (nSPS) is 11.1. The van der Waals surface area contributed by atoms with Gasteiger partial charge in [0.25, 0.3) is 0 Å². The molecule has 0 atom stereocenters. The maximum atomic E-state index is 5.35. The molecule has 0 aliphatic heterocycles. The van der Waals surface area contributed by atoms with E-state index in [4.69, 9.17) is 9.47 Å². The van der Waals surface area contributed by atoms with Crippen molar-refractivity contribution in [2.24, 2.45) is 0 Å². The molecule has 0 saturated heterocycles. The number of hydrogen-bond acceptors (Lipinski definition) is 4. The van der Waals surface area contributed by atoms with Crippen molar-refractivity contribution in [2.45, 2.75) is 25.7 Å². The van der Waals surface area contributed by atoms with Gasteiger partial charge in [0.15, 0.2) is 11.5 Å². The van der Waals surface area contributed by atoms with E-state index < -0.39 is 0 Å². The monoisotopic (exact) mass is 382 g/mol. The molecule has 28 heavy (non-hydrogen) atoms. The Morgan fingerprint density at radius 1 is 0.679 bits per heavy atom. The summed E-state index contributed by atoms with van der Waals surface area (Å²) >= 11 is 0. The summed E-state index contributed by atoms with van der Waals surface area (Å²) in [6, 6.07) is 16.7. The van der Waals surface area contributed by atoms with Crippen molar-refractivity contribution in [3.8, 4) is 11.5 Å². The number of nitrogens with one attached hydrogen (secondary N) is 2. The smallest absolute Gasteiger partial charge is 0.160 e. The second-order valence-electron chi connectivity index (χ2n) is 6.72. The first kappa shape index (κ1) is 22.0. The van der Waals surface area contributed by atoms with Gasteiger partial charge in [-0.3, -0.25) is 0 Å². The highest BCUT2D eigenvalue weighted by molar-refractivity contribution is 5.42. The summed E-state index contributed by atoms with van der Waals surface area (Å²) in [4.78, 5) is 0. The molecule has 0 bridgehead atoms. The molecule has 0 aliphatic carbocycles. The van der Waals surface area contributed by atoms with Gasteiger partial charge in [0.1, 0.15) is 0 Å². The SMILES string of the molecule is COc1ccc(CCNCCC=CCCNCCc2ccccc2)cc1OC. The number of methoxy groups -OCH3 is 2. The van der Waals surface area contributed by atoms with Gasteiger partial charge < -0.3 is 20.1 Å². The molecular weight excluding hydrogens is 348 g/mol. The molecule has 0 spiro atoms. The Hall–Kier alpha value is -2.30. The molecule has 0 unspecified atom stereocenters. The number of benzene rings is 2. The largest absolute Gasteiger partial charge is 0.493 e. The van der Waals surface area contributed by atoms with Crippen LogP contribution in [0.5, 0.6) is 11.5 Å². The summed E-state index contributed by atoms with van der Waals surface area (Å²) in [6.07, 6.45) is 8.76. The lowest BCUT2D eigenvalue weighted by Gasteiger charge is -2.09. The molecule has 2 aromatic rings. The van der Waals surface area contributed by atoms with Crippen LogP contribution in [0.15, 0.2) is 60.7 Å². The molecule has 0 aliphatic rings. The molecule has 4 nitrogen and oxygen atoms in total. The van der Waals surface area contributed by atoms with Crippen LogP contribution in [0.4, 0.5) is 0 Å². The van der Waals surface area contributed by atoms with Crippen LogP contribution >= 0.6 is 0 Å². The van der Waals surface area contributed by atoms with E-state index in [2.05, 4.69) is 59.2 Å². The summed E-state index contributed by atoms with van der Waals surface area (Å²) in [5.41, 5.74) is 2.65. The molecule has 2 aromatic carbocycles. The Labute approximate surface area is 170 Å². The first-order chi connectivity index (χ1) is 13.8. The topological polar surface area (TPSA) is 42.5 Å². The van der Waals surface area contributed by atoms with Gasteiger partial charge in [-0.05, 0) is 75.1 Å². The van der Waals surface area contributed by atoms with Gasteiger partial charge in [0.2, 0.25) is 0 Å². The zero-order valence-electron chi connectivity index (χ0n) is 17.2. The molecule has 152 valence electrons. The summed E-state index contributed by atoms with van der Waals surface area (Å²) in [7, 11) is 3.33. The Balaban J connectivity index is 1.46. The maximum Gasteiger partial charge on any atom is 0.160 e. The van der Waals surface area contributed by atoms with E-state index in [1.54, 1.807) is 14.2 Å². The van der Waals surface area contributed by atoms with Gasteiger partial charge in [0, 0.05) is 0 Å². The van der Waals surface area contributed by atoms with Crippen molar-refractivity contribution < 1.29 is 9.47 Å². The van der Waals surface area contributed by atoms with Gasteiger partial charge in [-0.2, -0.15) is 0 Å². The molecular formula is C24H34N2O2. The molecule has 2 rings (SSSR count). The number of rotatable bonds is 14. The highest BCUT2D eigenvalue weighted by atomic mass is 16.5. The Morgan fingerprint density at radius 3 is 1.89 bits per heavy atom. The van der Waals surface area contributed by atoms with E-state index in [1.807, 2.05) is 12.1 Å². The maximum absolute atomic E-state index is 5.35. The molecule has 0 heterocycles. The minimum atomic E-state index is 0.777. The van der Waals surface area contributed by atoms with Crippen LogP contribution in [0.1, 0.15) is 24.0 Å². The minimum absolute atomic E-state index is 0.777. The van der Waals surface area contributed by atoms with E-state index in [9.17, 15) is 0 Å². The predicted octanol–water partition coefficient (Wildman–Crippen LogP) is 4.00. The minimum Gasteiger partial charge on any atom is -0.493 e. The van der Waals surface area contributed by atoms with Gasteiger partial charge in [-0.15, -0.1) is 0 Å². The lowest BCUT2D eigenvalue weighted by Crippen LogP contribution is -2.18. The van der Waals surface area contributed by atoms with Gasteiger partial charge in [0.05, 0.1) is 14.2 Å². The van der Waals surface area contributed by atoms with Crippen LogP contribution < -0.4 is 20.1 Å². The van der Waals surface area contributed by atoms with E-state index in [-0.39, 0.29) is 0 Å². The fourth-order valence-corrected chi connectivity index (χ4v) is 3.00. The van der Waals surface area contributed by atoms with Gasteiger partial charge in [-0.1, -0.05) is 48.6 Å². The Bertz CT molecular complexity index is 686. The standard InChI is InChI=1S/C24H34N2O2/c1-27-23-13-12-22(20-24(23)28-2)15-19-26-17-9-4-3-8-16-25-18-14-21-10-6-5-7-11-21/h3-7,10-13,20,25-26H,8-9,14-19H2,1-2H3. The molecule has 2 N–H and O–H groups in total. The van der Waals surface area contributed by atoms with E-state index in [1.165, 1.54) is 11.1 Å². The average Bonchev–Trinajstić information content (AvgIpc) is 2.75. The summed E-state index contributed by atoms with van der Waals surface area (Å²) < 4.78 is 10.6. The highest BCUT2D eigenvalue weighted by Crippen LogP contribution is 2.27. The quantitative estimate of drug-likeness (QED) is 0.383. The van der Waals surface area contributed by atoms with Crippen molar-refractivity contribution in [2.75, 3.05) is 40.4 Å². The third-order valence-corrected chi connectivity index (χ3v) is 4.61. The lowest BCUT2D eigenvalue weighted by molar-refractivity contribution is 0.354. The molecule has 4 heteroatoms. The first-order valence-electron chi connectivity index (χ1n) is 10.1.